The highest BCUT2D eigenvalue weighted by Gasteiger charge is 2.31. The molecule has 22 heavy (non-hydrogen) atoms. The van der Waals surface area contributed by atoms with E-state index in [0.29, 0.717) is 12.0 Å². The van der Waals surface area contributed by atoms with Crippen LogP contribution in [0.2, 0.25) is 24.7 Å². The van der Waals surface area contributed by atoms with Gasteiger partial charge >= 0.3 is 0 Å². The van der Waals surface area contributed by atoms with Crippen LogP contribution in [-0.2, 0) is 4.74 Å². The zero-order valence-electron chi connectivity index (χ0n) is 14.9. The predicted octanol–water partition coefficient (Wildman–Crippen LogP) is 5.47. The zero-order valence-corrected chi connectivity index (χ0v) is 15.9. The molecule has 3 atom stereocenters. The lowest BCUT2D eigenvalue weighted by molar-refractivity contribution is 0.106. The molecule has 1 aliphatic rings. The molecule has 1 saturated heterocycles. The second-order valence-corrected chi connectivity index (χ2v) is 13.0. The van der Waals surface area contributed by atoms with Crippen molar-refractivity contribution >= 4 is 8.07 Å². The van der Waals surface area contributed by atoms with Crippen LogP contribution in [0.4, 0.5) is 0 Å². The third-order valence-electron chi connectivity index (χ3n) is 5.72. The van der Waals surface area contributed by atoms with Gasteiger partial charge in [0.05, 0.1) is 27.9 Å². The Balaban J connectivity index is 1.84. The van der Waals surface area contributed by atoms with Gasteiger partial charge in [0.15, 0.2) is 0 Å². The molecule has 2 rings (SSSR count). The fraction of sp³-hybridized carbons (Fsp3) is 0.684. The van der Waals surface area contributed by atoms with Crippen molar-refractivity contribution in [1.29, 1.82) is 0 Å². The first-order valence-corrected chi connectivity index (χ1v) is 12.0. The summed E-state index contributed by atoms with van der Waals surface area (Å²) in [6.45, 7) is 10.7. The van der Waals surface area contributed by atoms with E-state index in [1.165, 1.54) is 30.9 Å². The van der Waals surface area contributed by atoms with Gasteiger partial charge in [0.25, 0.3) is 0 Å². The molecule has 0 aromatic heterocycles. The van der Waals surface area contributed by atoms with E-state index in [9.17, 15) is 0 Å². The van der Waals surface area contributed by atoms with Crippen molar-refractivity contribution in [2.75, 3.05) is 13.7 Å². The van der Waals surface area contributed by atoms with E-state index in [1.54, 1.807) is 7.11 Å². The number of ether oxygens (including phenoxy) is 2. The average Bonchev–Trinajstić information content (AvgIpc) is 3.01. The van der Waals surface area contributed by atoms with Crippen LogP contribution in [0.15, 0.2) is 24.3 Å². The van der Waals surface area contributed by atoms with Crippen molar-refractivity contribution in [1.82, 2.24) is 0 Å². The standard InChI is InChI=1S/C19H32O2Si/c1-6-15(2)22(4,5)12-11-19-13-17(14-21-19)16-7-9-18(20-3)10-8-16/h7-10,15,17,19H,6,11-14H2,1-5H3/t15?,17-,19-/m0/s1. The van der Waals surface area contributed by atoms with Crippen LogP contribution in [0, 0.1) is 0 Å². The Kier molecular flexibility index (Phi) is 6.10. The normalized spacial score (nSPS) is 23.5. The van der Waals surface area contributed by atoms with Crippen LogP contribution in [0.3, 0.4) is 0 Å². The maximum absolute atomic E-state index is 6.08. The van der Waals surface area contributed by atoms with Gasteiger partial charge in [-0.15, -0.1) is 0 Å². The topological polar surface area (TPSA) is 18.5 Å². The van der Waals surface area contributed by atoms with Gasteiger partial charge in [0.1, 0.15) is 5.75 Å². The van der Waals surface area contributed by atoms with Crippen LogP contribution >= 0.6 is 0 Å². The molecule has 0 saturated carbocycles. The first-order chi connectivity index (χ1) is 10.5. The number of benzene rings is 1. The molecule has 2 nitrogen and oxygen atoms in total. The highest BCUT2D eigenvalue weighted by atomic mass is 28.3. The predicted molar refractivity (Wildman–Crippen MR) is 96.7 cm³/mol. The quantitative estimate of drug-likeness (QED) is 0.620. The van der Waals surface area contributed by atoms with Crippen LogP contribution in [-0.4, -0.2) is 27.9 Å². The summed E-state index contributed by atoms with van der Waals surface area (Å²) in [6, 6.07) is 9.88. The summed E-state index contributed by atoms with van der Waals surface area (Å²) in [7, 11) is 0.630. The van der Waals surface area contributed by atoms with Crippen molar-refractivity contribution in [2.24, 2.45) is 0 Å². The minimum Gasteiger partial charge on any atom is -0.497 e. The number of hydrogen-bond donors (Lipinski definition) is 0. The molecule has 1 unspecified atom stereocenters. The smallest absolute Gasteiger partial charge is 0.118 e. The van der Waals surface area contributed by atoms with Gasteiger partial charge < -0.3 is 9.47 Å². The van der Waals surface area contributed by atoms with E-state index < -0.39 is 8.07 Å². The van der Waals surface area contributed by atoms with Gasteiger partial charge in [-0.3, -0.25) is 0 Å². The molecule has 1 aromatic rings. The molecule has 1 heterocycles. The highest BCUT2D eigenvalue weighted by Crippen LogP contribution is 2.35. The maximum Gasteiger partial charge on any atom is 0.118 e. The molecule has 0 amide bonds. The van der Waals surface area contributed by atoms with E-state index in [2.05, 4.69) is 51.2 Å². The molecular weight excluding hydrogens is 288 g/mol. The van der Waals surface area contributed by atoms with Gasteiger partial charge in [-0.05, 0) is 36.1 Å². The molecule has 0 N–H and O–H groups in total. The Morgan fingerprint density at radius 2 is 1.95 bits per heavy atom. The molecule has 0 bridgehead atoms. The van der Waals surface area contributed by atoms with Crippen molar-refractivity contribution in [3.63, 3.8) is 0 Å². The van der Waals surface area contributed by atoms with Gasteiger partial charge in [-0.25, -0.2) is 0 Å². The van der Waals surface area contributed by atoms with Gasteiger partial charge in [-0.1, -0.05) is 51.5 Å². The van der Waals surface area contributed by atoms with Crippen molar-refractivity contribution in [3.8, 4) is 5.75 Å². The fourth-order valence-electron chi connectivity index (χ4n) is 3.35. The van der Waals surface area contributed by atoms with Gasteiger partial charge in [0, 0.05) is 5.92 Å². The van der Waals surface area contributed by atoms with Gasteiger partial charge in [0.2, 0.25) is 0 Å². The summed E-state index contributed by atoms with van der Waals surface area (Å²) < 4.78 is 11.3. The fourth-order valence-corrected chi connectivity index (χ4v) is 6.01. The van der Waals surface area contributed by atoms with Crippen molar-refractivity contribution in [2.45, 2.75) is 69.8 Å². The Morgan fingerprint density at radius 3 is 2.55 bits per heavy atom. The monoisotopic (exact) mass is 320 g/mol. The maximum atomic E-state index is 6.08. The molecular formula is C19H32O2Si. The number of hydrogen-bond acceptors (Lipinski definition) is 2. The molecule has 0 aliphatic carbocycles. The zero-order chi connectivity index (χ0) is 16.2. The van der Waals surface area contributed by atoms with E-state index in [4.69, 9.17) is 9.47 Å². The number of rotatable bonds is 7. The summed E-state index contributed by atoms with van der Waals surface area (Å²) in [5.74, 6) is 1.49. The van der Waals surface area contributed by atoms with Crippen molar-refractivity contribution < 1.29 is 9.47 Å². The second-order valence-electron chi connectivity index (χ2n) is 7.50. The first-order valence-electron chi connectivity index (χ1n) is 8.71. The summed E-state index contributed by atoms with van der Waals surface area (Å²) in [4.78, 5) is 0. The van der Waals surface area contributed by atoms with E-state index in [0.717, 1.165) is 17.9 Å². The Hall–Kier alpha value is -0.803. The molecule has 0 radical (unpaired) electrons. The van der Waals surface area contributed by atoms with E-state index in [-0.39, 0.29) is 0 Å². The molecule has 1 fully saturated rings. The average molecular weight is 321 g/mol. The Bertz CT molecular complexity index is 455. The third-order valence-corrected chi connectivity index (χ3v) is 10.4. The summed E-state index contributed by atoms with van der Waals surface area (Å²) in [5.41, 5.74) is 2.30. The van der Waals surface area contributed by atoms with Crippen LogP contribution < -0.4 is 4.74 Å². The minimum absolute atomic E-state index is 0.461. The molecule has 0 spiro atoms. The summed E-state index contributed by atoms with van der Waals surface area (Å²) >= 11 is 0. The second kappa shape index (κ2) is 7.65. The molecule has 124 valence electrons. The summed E-state index contributed by atoms with van der Waals surface area (Å²) in [5, 5.41) is 0. The molecule has 1 aliphatic heterocycles. The van der Waals surface area contributed by atoms with Crippen molar-refractivity contribution in [3.05, 3.63) is 29.8 Å². The lowest BCUT2D eigenvalue weighted by Gasteiger charge is -2.30. The SMILES string of the molecule is CCC(C)[Si](C)(C)CC[C@H]1C[C@H](c2ccc(OC)cc2)CO1. The summed E-state index contributed by atoms with van der Waals surface area (Å²) in [6.07, 6.45) is 4.20. The minimum atomic E-state index is -1.08. The third kappa shape index (κ3) is 4.36. The van der Waals surface area contributed by atoms with Gasteiger partial charge in [-0.2, -0.15) is 0 Å². The lowest BCUT2D eigenvalue weighted by atomic mass is 9.95. The molecule has 3 heteroatoms. The van der Waals surface area contributed by atoms with E-state index in [1.807, 2.05) is 0 Å². The number of methoxy groups -OCH3 is 1. The van der Waals surface area contributed by atoms with Crippen LogP contribution in [0.1, 0.15) is 44.6 Å². The van der Waals surface area contributed by atoms with Crippen LogP contribution in [0.25, 0.3) is 0 Å². The largest absolute Gasteiger partial charge is 0.497 e. The van der Waals surface area contributed by atoms with Crippen LogP contribution in [0.5, 0.6) is 5.75 Å². The highest BCUT2D eigenvalue weighted by molar-refractivity contribution is 6.78. The molecule has 1 aromatic carbocycles. The van der Waals surface area contributed by atoms with E-state index >= 15 is 0 Å². The Labute approximate surface area is 137 Å². The Morgan fingerprint density at radius 1 is 1.27 bits per heavy atom. The first kappa shape index (κ1) is 17.5. The lowest BCUT2D eigenvalue weighted by Crippen LogP contribution is -2.31.